The maximum atomic E-state index is 14.2. The predicted molar refractivity (Wildman–Crippen MR) is 123 cm³/mol. The molecule has 2 saturated heterocycles. The van der Waals surface area contributed by atoms with E-state index in [1.807, 2.05) is 20.9 Å². The van der Waals surface area contributed by atoms with E-state index in [0.29, 0.717) is 35.4 Å². The van der Waals surface area contributed by atoms with E-state index in [9.17, 15) is 9.18 Å². The van der Waals surface area contributed by atoms with Crippen molar-refractivity contribution >= 4 is 28.7 Å². The number of fused-ring (bicyclic) bond motifs is 3. The molecule has 2 fully saturated rings. The molecule has 2 aliphatic rings. The Kier molecular flexibility index (Phi) is 6.85. The zero-order valence-electron chi connectivity index (χ0n) is 18.9. The number of nitrogens with zero attached hydrogens (tertiary/aromatic N) is 4. The number of ether oxygens (including phenoxy) is 1. The lowest BCUT2D eigenvalue weighted by molar-refractivity contribution is -0.0199. The number of primary amides is 1. The van der Waals surface area contributed by atoms with Crippen LogP contribution in [0.1, 0.15) is 62.9 Å². The highest BCUT2D eigenvalue weighted by Crippen LogP contribution is 2.40. The Morgan fingerprint density at radius 3 is 2.56 bits per heavy atom. The molecular weight excluding hydrogens is 415 g/mol. The van der Waals surface area contributed by atoms with Gasteiger partial charge in [-0.1, -0.05) is 13.8 Å². The second-order valence-electron chi connectivity index (χ2n) is 7.99. The average molecular weight is 449 g/mol. The first kappa shape index (κ1) is 23.7. The Morgan fingerprint density at radius 2 is 1.94 bits per heavy atom. The maximum absolute atomic E-state index is 14.2. The number of hydrogen-bond acceptors (Lipinski definition) is 5. The summed E-state index contributed by atoms with van der Waals surface area (Å²) in [5, 5.41) is 3.07. The Labute approximate surface area is 187 Å². The van der Waals surface area contributed by atoms with Crippen LogP contribution >= 0.6 is 0 Å². The van der Waals surface area contributed by atoms with E-state index in [2.05, 4.69) is 24.6 Å². The van der Waals surface area contributed by atoms with Crippen LogP contribution in [0, 0.1) is 12.7 Å². The van der Waals surface area contributed by atoms with Crippen LogP contribution in [0.3, 0.4) is 0 Å². The van der Waals surface area contributed by atoms with Gasteiger partial charge in [-0.05, 0) is 50.3 Å². The lowest BCUT2D eigenvalue weighted by Crippen LogP contribution is -2.34. The number of carbonyl (C=O) groups excluding carboxylic acids is 1. The van der Waals surface area contributed by atoms with Crippen LogP contribution in [0.4, 0.5) is 16.0 Å². The molecule has 0 spiro atoms. The van der Waals surface area contributed by atoms with Crippen LogP contribution in [0.15, 0.2) is 18.3 Å². The van der Waals surface area contributed by atoms with Crippen LogP contribution in [0.5, 0.6) is 0 Å². The minimum Gasteiger partial charge on any atom is -0.412 e. The molecule has 5 N–H and O–H groups in total. The molecule has 0 radical (unpaired) electrons. The number of aryl methyl sites for hydroxylation is 2. The molecule has 5 rings (SSSR count). The van der Waals surface area contributed by atoms with Crippen molar-refractivity contribution in [3.8, 4) is 0 Å². The van der Waals surface area contributed by atoms with E-state index in [-0.39, 0.29) is 12.5 Å². The third-order valence-corrected chi connectivity index (χ3v) is 6.08. The molecule has 9 nitrogen and oxygen atoms in total. The number of nitrogens with one attached hydrogen (secondary N) is 1. The molecule has 2 unspecified atom stereocenters. The van der Waals surface area contributed by atoms with Gasteiger partial charge in [0.15, 0.2) is 5.65 Å². The van der Waals surface area contributed by atoms with Crippen LogP contribution < -0.4 is 11.1 Å². The first-order valence-corrected chi connectivity index (χ1v) is 10.8. The van der Waals surface area contributed by atoms with Crippen molar-refractivity contribution in [3.63, 3.8) is 0 Å². The fraction of sp³-hybridized carbons (Fsp3) is 0.500. The summed E-state index contributed by atoms with van der Waals surface area (Å²) < 4.78 is 24.4. The molecule has 176 valence electrons. The molecule has 2 aliphatic heterocycles. The minimum atomic E-state index is -0.793. The van der Waals surface area contributed by atoms with E-state index in [0.717, 1.165) is 36.8 Å². The SMILES string of the molecule is CC.Cc1cc(C(N)=O)c(F)cc1Nc1ncc2c(n1)n(C1CC3CCC(C1)O3)n2C.O.[HH]. The number of carbonyl (C=O) groups is 1. The number of rotatable bonds is 4. The highest BCUT2D eigenvalue weighted by atomic mass is 19.1. The molecule has 1 amide bonds. The first-order valence-electron chi connectivity index (χ1n) is 10.8. The molecule has 0 aliphatic carbocycles. The van der Waals surface area contributed by atoms with Crippen molar-refractivity contribution in [2.24, 2.45) is 12.8 Å². The second-order valence-corrected chi connectivity index (χ2v) is 7.99. The number of amides is 1. The van der Waals surface area contributed by atoms with Gasteiger partial charge in [-0.25, -0.2) is 9.37 Å². The van der Waals surface area contributed by atoms with Crippen molar-refractivity contribution < 1.29 is 20.8 Å². The zero-order valence-corrected chi connectivity index (χ0v) is 18.9. The van der Waals surface area contributed by atoms with E-state index < -0.39 is 11.7 Å². The normalized spacial score (nSPS) is 21.6. The number of hydrogen-bond donors (Lipinski definition) is 2. The van der Waals surface area contributed by atoms with Crippen molar-refractivity contribution in [2.75, 3.05) is 5.32 Å². The lowest BCUT2D eigenvalue weighted by Gasteiger charge is -2.35. The Morgan fingerprint density at radius 1 is 1.28 bits per heavy atom. The van der Waals surface area contributed by atoms with E-state index in [1.54, 1.807) is 13.1 Å². The molecule has 2 aromatic heterocycles. The third-order valence-electron chi connectivity index (χ3n) is 6.08. The quantitative estimate of drug-likeness (QED) is 0.631. The summed E-state index contributed by atoms with van der Waals surface area (Å²) in [6, 6.07) is 3.03. The minimum absolute atomic E-state index is 0. The van der Waals surface area contributed by atoms with Gasteiger partial charge in [0.25, 0.3) is 5.91 Å². The highest BCUT2D eigenvalue weighted by molar-refractivity contribution is 5.94. The van der Waals surface area contributed by atoms with E-state index in [1.165, 1.54) is 12.1 Å². The summed E-state index contributed by atoms with van der Waals surface area (Å²) in [6.45, 7) is 5.77. The third kappa shape index (κ3) is 4.07. The van der Waals surface area contributed by atoms with Crippen LogP contribution in [0.2, 0.25) is 0 Å². The molecule has 0 saturated carbocycles. The van der Waals surface area contributed by atoms with Crippen molar-refractivity contribution in [1.82, 2.24) is 19.3 Å². The number of benzene rings is 1. The van der Waals surface area contributed by atoms with E-state index >= 15 is 0 Å². The first-order chi connectivity index (χ1) is 14.9. The molecule has 32 heavy (non-hydrogen) atoms. The van der Waals surface area contributed by atoms with Gasteiger partial charge >= 0.3 is 0 Å². The predicted octanol–water partition coefficient (Wildman–Crippen LogP) is 3.39. The fourth-order valence-corrected chi connectivity index (χ4v) is 4.61. The molecule has 2 bridgehead atoms. The maximum Gasteiger partial charge on any atom is 0.251 e. The van der Waals surface area contributed by atoms with Gasteiger partial charge in [-0.15, -0.1) is 0 Å². The fourth-order valence-electron chi connectivity index (χ4n) is 4.61. The summed E-state index contributed by atoms with van der Waals surface area (Å²) in [7, 11) is 2.01. The van der Waals surface area contributed by atoms with Crippen molar-refractivity contribution in [2.45, 2.75) is 64.7 Å². The smallest absolute Gasteiger partial charge is 0.251 e. The lowest BCUT2D eigenvalue weighted by atomic mass is 10.0. The highest BCUT2D eigenvalue weighted by Gasteiger charge is 2.37. The van der Waals surface area contributed by atoms with Gasteiger partial charge in [0, 0.05) is 14.2 Å². The van der Waals surface area contributed by atoms with Gasteiger partial charge in [0.1, 0.15) is 11.3 Å². The summed E-state index contributed by atoms with van der Waals surface area (Å²) in [4.78, 5) is 20.3. The van der Waals surface area contributed by atoms with Gasteiger partial charge in [0.05, 0.1) is 30.0 Å². The summed E-state index contributed by atoms with van der Waals surface area (Å²) in [5.41, 5.74) is 8.08. The topological polar surface area (TPSA) is 131 Å². The average Bonchev–Trinajstić information content (AvgIpc) is 3.09. The van der Waals surface area contributed by atoms with Gasteiger partial charge in [-0.2, -0.15) is 4.98 Å². The Bertz CT molecular complexity index is 1120. The number of nitrogens with two attached hydrogens (primary N) is 1. The molecule has 3 aromatic rings. The summed E-state index contributed by atoms with van der Waals surface area (Å²) in [6.07, 6.45) is 6.69. The largest absolute Gasteiger partial charge is 0.412 e. The summed E-state index contributed by atoms with van der Waals surface area (Å²) in [5.74, 6) is -1.08. The van der Waals surface area contributed by atoms with Crippen LogP contribution in [0.25, 0.3) is 11.2 Å². The monoisotopic (exact) mass is 448 g/mol. The van der Waals surface area contributed by atoms with Gasteiger partial charge < -0.3 is 21.3 Å². The van der Waals surface area contributed by atoms with Crippen molar-refractivity contribution in [1.29, 1.82) is 0 Å². The van der Waals surface area contributed by atoms with Gasteiger partial charge in [-0.3, -0.25) is 14.2 Å². The van der Waals surface area contributed by atoms with Crippen LogP contribution in [-0.2, 0) is 11.8 Å². The Hall–Kier alpha value is -2.98. The molecule has 2 atom stereocenters. The number of aromatic nitrogens is 4. The standard InChI is InChI=1S/C20H23FN6O2.C2H6.H2O.H2/c1-10-5-14(18(22)28)15(21)8-16(10)24-20-23-9-17-19(25-20)27(26(17)2)11-6-12-3-4-13(7-11)29-12;1-2;;/h5,8-9,11-13H,3-4,6-7H2,1-2H3,(H2,22,28)(H,23,24,25);1-2H3;1H2;1H. The second kappa shape index (κ2) is 9.25. The summed E-state index contributed by atoms with van der Waals surface area (Å²) >= 11 is 0. The zero-order chi connectivity index (χ0) is 22.3. The molecule has 4 heterocycles. The Balaban J connectivity index is 0.000000939. The van der Waals surface area contributed by atoms with Gasteiger partial charge in [0.2, 0.25) is 5.95 Å². The number of anilines is 2. The molecule has 10 heteroatoms. The molecule has 1 aromatic carbocycles. The van der Waals surface area contributed by atoms with Crippen LogP contribution in [-0.4, -0.2) is 42.9 Å². The van der Waals surface area contributed by atoms with Crippen molar-refractivity contribution in [3.05, 3.63) is 35.3 Å². The molecular formula is C22H33FN6O3. The number of halogens is 1. The van der Waals surface area contributed by atoms with E-state index in [4.69, 9.17) is 10.5 Å².